The second-order valence-corrected chi connectivity index (χ2v) is 5.57. The van der Waals surface area contributed by atoms with Crippen LogP contribution in [0.2, 0.25) is 0 Å². The number of hydrogen-bond acceptors (Lipinski definition) is 5. The Bertz CT molecular complexity index is 898. The van der Waals surface area contributed by atoms with Gasteiger partial charge in [0.1, 0.15) is 11.3 Å². The highest BCUT2D eigenvalue weighted by Crippen LogP contribution is 2.20. The van der Waals surface area contributed by atoms with E-state index in [4.69, 9.17) is 13.9 Å². The van der Waals surface area contributed by atoms with Crippen molar-refractivity contribution in [3.8, 4) is 5.75 Å². The first-order chi connectivity index (χ1) is 12.7. The van der Waals surface area contributed by atoms with Gasteiger partial charge in [0.25, 0.3) is 5.91 Å². The van der Waals surface area contributed by atoms with Crippen molar-refractivity contribution in [2.45, 2.75) is 13.3 Å². The monoisotopic (exact) mass is 353 g/mol. The molecule has 1 aromatic heterocycles. The zero-order valence-electron chi connectivity index (χ0n) is 14.4. The number of ether oxygens (including phenoxy) is 2. The van der Waals surface area contributed by atoms with Crippen LogP contribution in [0.1, 0.15) is 22.8 Å². The first kappa shape index (κ1) is 17.5. The molecule has 1 amide bonds. The topological polar surface area (TPSA) is 77.8 Å². The standard InChI is InChI=1S/C20H19NO5/c1-2-24-20(23)26-16-9-7-14(8-10-16)19(22)21-12-11-15-13-25-18-6-4-3-5-17(15)18/h3-10,13H,2,11-12H2,1H3,(H,21,22). The smallest absolute Gasteiger partial charge is 0.464 e. The molecule has 0 radical (unpaired) electrons. The molecule has 3 rings (SSSR count). The predicted molar refractivity (Wildman–Crippen MR) is 96.3 cm³/mol. The number of rotatable bonds is 6. The Kier molecular flexibility index (Phi) is 5.53. The number of fused-ring (bicyclic) bond motifs is 1. The Morgan fingerprint density at radius 1 is 1.08 bits per heavy atom. The fourth-order valence-corrected chi connectivity index (χ4v) is 2.56. The molecule has 0 spiro atoms. The summed E-state index contributed by atoms with van der Waals surface area (Å²) in [6, 6.07) is 14.1. The van der Waals surface area contributed by atoms with E-state index in [0.717, 1.165) is 16.5 Å². The summed E-state index contributed by atoms with van der Waals surface area (Å²) in [4.78, 5) is 23.5. The van der Waals surface area contributed by atoms with E-state index in [1.165, 1.54) is 0 Å². The van der Waals surface area contributed by atoms with Crippen molar-refractivity contribution in [3.63, 3.8) is 0 Å². The van der Waals surface area contributed by atoms with Crippen LogP contribution in [0.5, 0.6) is 5.75 Å². The quantitative estimate of drug-likeness (QED) is 0.536. The second-order valence-electron chi connectivity index (χ2n) is 5.57. The maximum absolute atomic E-state index is 12.2. The number of furan rings is 1. The van der Waals surface area contributed by atoms with E-state index in [1.807, 2.05) is 24.3 Å². The third-order valence-electron chi connectivity index (χ3n) is 3.82. The van der Waals surface area contributed by atoms with E-state index >= 15 is 0 Å². The van der Waals surface area contributed by atoms with Crippen LogP contribution in [0, 0.1) is 0 Å². The van der Waals surface area contributed by atoms with Gasteiger partial charge in [-0.1, -0.05) is 18.2 Å². The van der Waals surface area contributed by atoms with Gasteiger partial charge in [-0.25, -0.2) is 4.79 Å². The van der Waals surface area contributed by atoms with Crippen LogP contribution < -0.4 is 10.1 Å². The van der Waals surface area contributed by atoms with Gasteiger partial charge in [0, 0.05) is 17.5 Å². The van der Waals surface area contributed by atoms with Crippen molar-refractivity contribution >= 4 is 23.0 Å². The average molecular weight is 353 g/mol. The highest BCUT2D eigenvalue weighted by Gasteiger charge is 2.09. The third-order valence-corrected chi connectivity index (χ3v) is 3.82. The number of benzene rings is 2. The molecule has 0 unspecified atom stereocenters. The molecule has 6 nitrogen and oxygen atoms in total. The normalized spacial score (nSPS) is 10.5. The largest absolute Gasteiger partial charge is 0.513 e. The molecule has 0 aliphatic rings. The summed E-state index contributed by atoms with van der Waals surface area (Å²) < 4.78 is 15.1. The summed E-state index contributed by atoms with van der Waals surface area (Å²) >= 11 is 0. The first-order valence-corrected chi connectivity index (χ1v) is 8.35. The van der Waals surface area contributed by atoms with E-state index in [9.17, 15) is 9.59 Å². The molecule has 0 bridgehead atoms. The first-order valence-electron chi connectivity index (χ1n) is 8.35. The minimum Gasteiger partial charge on any atom is -0.464 e. The number of carbonyl (C=O) groups excluding carboxylic acids is 2. The lowest BCUT2D eigenvalue weighted by Crippen LogP contribution is -2.25. The lowest BCUT2D eigenvalue weighted by atomic mass is 10.1. The fraction of sp³-hybridized carbons (Fsp3) is 0.200. The minimum absolute atomic E-state index is 0.194. The van der Waals surface area contributed by atoms with Crippen molar-refractivity contribution < 1.29 is 23.5 Å². The number of carbonyl (C=O) groups is 2. The summed E-state index contributed by atoms with van der Waals surface area (Å²) in [5.74, 6) is 0.130. The van der Waals surface area contributed by atoms with E-state index in [1.54, 1.807) is 37.5 Å². The number of hydrogen-bond donors (Lipinski definition) is 1. The molecule has 3 aromatic rings. The molecule has 0 atom stereocenters. The number of amides is 1. The summed E-state index contributed by atoms with van der Waals surface area (Å²) in [5, 5.41) is 3.93. The molecule has 0 saturated carbocycles. The number of nitrogens with one attached hydrogen (secondary N) is 1. The van der Waals surface area contributed by atoms with E-state index in [-0.39, 0.29) is 12.5 Å². The van der Waals surface area contributed by atoms with Crippen LogP contribution in [0.4, 0.5) is 4.79 Å². The van der Waals surface area contributed by atoms with Crippen LogP contribution >= 0.6 is 0 Å². The lowest BCUT2D eigenvalue weighted by Gasteiger charge is -2.06. The van der Waals surface area contributed by atoms with Crippen LogP contribution in [0.15, 0.2) is 59.2 Å². The molecule has 134 valence electrons. The molecular weight excluding hydrogens is 334 g/mol. The zero-order chi connectivity index (χ0) is 18.4. The summed E-state index contributed by atoms with van der Waals surface area (Å²) in [6.45, 7) is 2.43. The third kappa shape index (κ3) is 4.22. The Balaban J connectivity index is 1.52. The summed E-state index contributed by atoms with van der Waals surface area (Å²) in [6.07, 6.45) is 1.63. The van der Waals surface area contributed by atoms with Gasteiger partial charge in [0.05, 0.1) is 12.9 Å². The molecule has 0 aliphatic carbocycles. The van der Waals surface area contributed by atoms with Crippen molar-refractivity contribution in [2.24, 2.45) is 0 Å². The Morgan fingerprint density at radius 2 is 1.85 bits per heavy atom. The zero-order valence-corrected chi connectivity index (χ0v) is 14.4. The Labute approximate surface area is 150 Å². The summed E-state index contributed by atoms with van der Waals surface area (Å²) in [7, 11) is 0. The van der Waals surface area contributed by atoms with Gasteiger partial charge in [-0.2, -0.15) is 0 Å². The highest BCUT2D eigenvalue weighted by atomic mass is 16.7. The van der Waals surface area contributed by atoms with Crippen molar-refractivity contribution in [2.75, 3.05) is 13.2 Å². The Hall–Kier alpha value is -3.28. The molecule has 0 aliphatic heterocycles. The highest BCUT2D eigenvalue weighted by molar-refractivity contribution is 5.94. The van der Waals surface area contributed by atoms with Gasteiger partial charge >= 0.3 is 6.16 Å². The SMILES string of the molecule is CCOC(=O)Oc1ccc(C(=O)NCCc2coc3ccccc23)cc1. The molecule has 6 heteroatoms. The van der Waals surface area contributed by atoms with Gasteiger partial charge in [0.2, 0.25) is 0 Å². The Morgan fingerprint density at radius 3 is 2.62 bits per heavy atom. The fourth-order valence-electron chi connectivity index (χ4n) is 2.56. The molecular formula is C20H19NO5. The summed E-state index contributed by atoms with van der Waals surface area (Å²) in [5.41, 5.74) is 2.38. The average Bonchev–Trinajstić information content (AvgIpc) is 3.06. The minimum atomic E-state index is -0.767. The van der Waals surface area contributed by atoms with Gasteiger partial charge in [-0.05, 0) is 49.2 Å². The van der Waals surface area contributed by atoms with Gasteiger partial charge in [0.15, 0.2) is 0 Å². The van der Waals surface area contributed by atoms with Crippen LogP contribution in [-0.4, -0.2) is 25.2 Å². The molecule has 0 saturated heterocycles. The van der Waals surface area contributed by atoms with Crippen LogP contribution in [0.25, 0.3) is 11.0 Å². The predicted octanol–water partition coefficient (Wildman–Crippen LogP) is 3.94. The van der Waals surface area contributed by atoms with E-state index < -0.39 is 6.16 Å². The molecule has 0 fully saturated rings. The lowest BCUT2D eigenvalue weighted by molar-refractivity contribution is 0.0954. The van der Waals surface area contributed by atoms with Gasteiger partial charge in [-0.15, -0.1) is 0 Å². The molecule has 1 N–H and O–H groups in total. The van der Waals surface area contributed by atoms with E-state index in [2.05, 4.69) is 5.32 Å². The van der Waals surface area contributed by atoms with E-state index in [0.29, 0.717) is 24.3 Å². The van der Waals surface area contributed by atoms with Gasteiger partial charge < -0.3 is 19.2 Å². The maximum atomic E-state index is 12.2. The van der Waals surface area contributed by atoms with Gasteiger partial charge in [-0.3, -0.25) is 4.79 Å². The molecule has 2 aromatic carbocycles. The van der Waals surface area contributed by atoms with Crippen LogP contribution in [0.3, 0.4) is 0 Å². The van der Waals surface area contributed by atoms with Crippen molar-refractivity contribution in [1.29, 1.82) is 0 Å². The van der Waals surface area contributed by atoms with Crippen molar-refractivity contribution in [3.05, 3.63) is 65.9 Å². The van der Waals surface area contributed by atoms with Crippen LogP contribution in [-0.2, 0) is 11.2 Å². The number of para-hydroxylation sites is 1. The molecule has 1 heterocycles. The maximum Gasteiger partial charge on any atom is 0.513 e. The van der Waals surface area contributed by atoms with Crippen molar-refractivity contribution in [1.82, 2.24) is 5.32 Å². The second kappa shape index (κ2) is 8.20. The molecule has 26 heavy (non-hydrogen) atoms.